The van der Waals surface area contributed by atoms with Crippen molar-refractivity contribution in [2.24, 2.45) is 0 Å². The molecule has 0 fully saturated rings. The fourth-order valence-corrected chi connectivity index (χ4v) is 0.980. The van der Waals surface area contributed by atoms with Gasteiger partial charge in [-0.25, -0.2) is 4.98 Å². The predicted octanol–water partition coefficient (Wildman–Crippen LogP) is 0.300. The van der Waals surface area contributed by atoms with E-state index in [1.54, 1.807) is 0 Å². The first-order valence-corrected chi connectivity index (χ1v) is 4.56. The molecule has 0 bridgehead atoms. The largest absolute Gasteiger partial charge is 0.352 e. The highest BCUT2D eigenvalue weighted by atomic mass is 16.2. The van der Waals surface area contributed by atoms with Crippen LogP contribution in [-0.4, -0.2) is 22.4 Å². The molecule has 0 aromatic carbocycles. The molecule has 0 aliphatic rings. The van der Waals surface area contributed by atoms with Crippen LogP contribution in [0.5, 0.6) is 0 Å². The summed E-state index contributed by atoms with van der Waals surface area (Å²) >= 11 is 0. The zero-order chi connectivity index (χ0) is 10.4. The maximum absolute atomic E-state index is 11.4. The summed E-state index contributed by atoms with van der Waals surface area (Å²) in [7, 11) is 0. The van der Waals surface area contributed by atoms with Gasteiger partial charge in [0.1, 0.15) is 5.56 Å². The first-order valence-electron chi connectivity index (χ1n) is 4.56. The molecule has 1 aromatic rings. The van der Waals surface area contributed by atoms with Crippen molar-refractivity contribution in [3.8, 4) is 0 Å². The third-order valence-electron chi connectivity index (χ3n) is 1.78. The van der Waals surface area contributed by atoms with E-state index in [4.69, 9.17) is 0 Å². The first-order chi connectivity index (χ1) is 6.75. The molecule has 0 aliphatic carbocycles. The number of carbonyl (C=O) groups is 1. The van der Waals surface area contributed by atoms with Gasteiger partial charge in [0, 0.05) is 12.7 Å². The van der Waals surface area contributed by atoms with Gasteiger partial charge in [0.2, 0.25) is 0 Å². The van der Waals surface area contributed by atoms with Crippen LogP contribution >= 0.6 is 0 Å². The van der Waals surface area contributed by atoms with E-state index in [-0.39, 0.29) is 11.5 Å². The zero-order valence-corrected chi connectivity index (χ0v) is 8.04. The van der Waals surface area contributed by atoms with Crippen LogP contribution in [0.2, 0.25) is 0 Å². The Bertz CT molecular complexity index is 359. The van der Waals surface area contributed by atoms with Gasteiger partial charge in [0.05, 0.1) is 6.33 Å². The molecule has 5 nitrogen and oxygen atoms in total. The molecule has 1 heterocycles. The highest BCUT2D eigenvalue weighted by Gasteiger charge is 2.08. The van der Waals surface area contributed by atoms with Crippen molar-refractivity contribution in [3.05, 3.63) is 28.4 Å². The maximum atomic E-state index is 11.4. The van der Waals surface area contributed by atoms with Gasteiger partial charge in [-0.15, -0.1) is 0 Å². The van der Waals surface area contributed by atoms with Crippen molar-refractivity contribution < 1.29 is 4.79 Å². The van der Waals surface area contributed by atoms with Gasteiger partial charge in [0.15, 0.2) is 0 Å². The third kappa shape index (κ3) is 2.69. The van der Waals surface area contributed by atoms with E-state index >= 15 is 0 Å². The van der Waals surface area contributed by atoms with Crippen LogP contribution in [0.15, 0.2) is 17.3 Å². The minimum Gasteiger partial charge on any atom is -0.352 e. The number of hydrogen-bond acceptors (Lipinski definition) is 3. The van der Waals surface area contributed by atoms with Crippen LogP contribution in [0.4, 0.5) is 0 Å². The fraction of sp³-hybridized carbons (Fsp3) is 0.444. The summed E-state index contributed by atoms with van der Waals surface area (Å²) in [5, 5.41) is 2.64. The Morgan fingerprint density at radius 3 is 3.07 bits per heavy atom. The molecular formula is C9H13N3O2. The van der Waals surface area contributed by atoms with Crippen LogP contribution in [0.1, 0.15) is 30.1 Å². The van der Waals surface area contributed by atoms with Crippen LogP contribution < -0.4 is 10.9 Å². The minimum atomic E-state index is -0.408. The van der Waals surface area contributed by atoms with Crippen molar-refractivity contribution in [1.82, 2.24) is 15.3 Å². The number of amides is 1. The van der Waals surface area contributed by atoms with Crippen LogP contribution in [-0.2, 0) is 0 Å². The summed E-state index contributed by atoms with van der Waals surface area (Å²) in [5.41, 5.74) is -0.349. The molecule has 5 heteroatoms. The summed E-state index contributed by atoms with van der Waals surface area (Å²) in [6.07, 6.45) is 4.43. The lowest BCUT2D eigenvalue weighted by Crippen LogP contribution is -2.30. The second-order valence-electron chi connectivity index (χ2n) is 2.90. The van der Waals surface area contributed by atoms with E-state index in [9.17, 15) is 9.59 Å². The molecule has 0 saturated heterocycles. The lowest BCUT2D eigenvalue weighted by atomic mass is 10.3. The number of H-pyrrole nitrogens is 1. The van der Waals surface area contributed by atoms with Gasteiger partial charge in [-0.2, -0.15) is 0 Å². The van der Waals surface area contributed by atoms with Gasteiger partial charge >= 0.3 is 0 Å². The summed E-state index contributed by atoms with van der Waals surface area (Å²) in [6, 6.07) is 0. The lowest BCUT2D eigenvalue weighted by Gasteiger charge is -2.01. The van der Waals surface area contributed by atoms with Crippen LogP contribution in [0.3, 0.4) is 0 Å². The van der Waals surface area contributed by atoms with E-state index in [0.29, 0.717) is 6.54 Å². The number of hydrogen-bond donors (Lipinski definition) is 2. The summed E-state index contributed by atoms with van der Waals surface area (Å²) < 4.78 is 0. The van der Waals surface area contributed by atoms with Crippen molar-refractivity contribution in [3.63, 3.8) is 0 Å². The fourth-order valence-electron chi connectivity index (χ4n) is 0.980. The van der Waals surface area contributed by atoms with E-state index in [2.05, 4.69) is 15.3 Å². The zero-order valence-electron chi connectivity index (χ0n) is 8.04. The van der Waals surface area contributed by atoms with Crippen LogP contribution in [0, 0.1) is 0 Å². The van der Waals surface area contributed by atoms with Gasteiger partial charge in [-0.1, -0.05) is 13.3 Å². The molecule has 0 saturated carbocycles. The molecular weight excluding hydrogens is 182 g/mol. The smallest absolute Gasteiger partial charge is 0.263 e. The van der Waals surface area contributed by atoms with E-state index in [1.165, 1.54) is 12.5 Å². The van der Waals surface area contributed by atoms with Gasteiger partial charge in [0.25, 0.3) is 11.5 Å². The number of nitrogens with zero attached hydrogens (tertiary/aromatic N) is 1. The Kier molecular flexibility index (Phi) is 3.84. The molecule has 0 atom stereocenters. The highest BCUT2D eigenvalue weighted by molar-refractivity contribution is 5.93. The van der Waals surface area contributed by atoms with E-state index < -0.39 is 5.56 Å². The Balaban J connectivity index is 2.61. The molecule has 1 aromatic heterocycles. The third-order valence-corrected chi connectivity index (χ3v) is 1.78. The second kappa shape index (κ2) is 5.16. The standard InChI is InChI=1S/C9H13N3O2/c1-2-3-4-11-8(13)7-5-10-6-12-9(7)14/h5-6H,2-4H2,1H3,(H,11,13)(H,10,12,14). The Hall–Kier alpha value is -1.65. The second-order valence-corrected chi connectivity index (χ2v) is 2.90. The van der Waals surface area contributed by atoms with Crippen molar-refractivity contribution in [2.75, 3.05) is 6.54 Å². The normalized spacial score (nSPS) is 9.79. The number of aromatic amines is 1. The quantitative estimate of drug-likeness (QED) is 0.678. The molecule has 76 valence electrons. The van der Waals surface area contributed by atoms with Crippen molar-refractivity contribution in [1.29, 1.82) is 0 Å². The molecule has 2 N–H and O–H groups in total. The van der Waals surface area contributed by atoms with Gasteiger partial charge in [-0.05, 0) is 6.42 Å². The Morgan fingerprint density at radius 2 is 2.43 bits per heavy atom. The highest BCUT2D eigenvalue weighted by Crippen LogP contribution is 1.88. The number of rotatable bonds is 4. The summed E-state index contributed by atoms with van der Waals surface area (Å²) in [5.74, 6) is -0.368. The summed E-state index contributed by atoms with van der Waals surface area (Å²) in [6.45, 7) is 2.62. The monoisotopic (exact) mass is 195 g/mol. The molecule has 0 radical (unpaired) electrons. The van der Waals surface area contributed by atoms with Crippen molar-refractivity contribution in [2.45, 2.75) is 19.8 Å². The number of carbonyl (C=O) groups excluding carboxylic acids is 1. The van der Waals surface area contributed by atoms with E-state index in [1.807, 2.05) is 6.92 Å². The van der Waals surface area contributed by atoms with Crippen molar-refractivity contribution >= 4 is 5.91 Å². The van der Waals surface area contributed by atoms with E-state index in [0.717, 1.165) is 12.8 Å². The van der Waals surface area contributed by atoms with Gasteiger partial charge < -0.3 is 10.3 Å². The molecule has 1 amide bonds. The molecule has 0 aliphatic heterocycles. The van der Waals surface area contributed by atoms with Gasteiger partial charge in [-0.3, -0.25) is 9.59 Å². The average molecular weight is 195 g/mol. The molecule has 0 spiro atoms. The molecule has 0 unspecified atom stereocenters. The maximum Gasteiger partial charge on any atom is 0.263 e. The first kappa shape index (κ1) is 10.4. The van der Waals surface area contributed by atoms with Crippen LogP contribution in [0.25, 0.3) is 0 Å². The summed E-state index contributed by atoms with van der Waals surface area (Å²) in [4.78, 5) is 28.5. The number of aromatic nitrogens is 2. The lowest BCUT2D eigenvalue weighted by molar-refractivity contribution is 0.0951. The average Bonchev–Trinajstić information content (AvgIpc) is 2.18. The molecule has 14 heavy (non-hydrogen) atoms. The Labute approximate surface area is 81.6 Å². The Morgan fingerprint density at radius 1 is 1.64 bits per heavy atom. The minimum absolute atomic E-state index is 0.0589. The molecule has 1 rings (SSSR count). The SMILES string of the molecule is CCCCNC(=O)c1cnc[nH]c1=O. The topological polar surface area (TPSA) is 74.8 Å². The number of nitrogens with one attached hydrogen (secondary N) is 2. The number of unbranched alkanes of at least 4 members (excludes halogenated alkanes) is 1. The predicted molar refractivity (Wildman–Crippen MR) is 52.1 cm³/mol.